The Morgan fingerprint density at radius 3 is 2.62 bits per heavy atom. The third-order valence-electron chi connectivity index (χ3n) is 4.16. The maximum absolute atomic E-state index is 13.9. The summed E-state index contributed by atoms with van der Waals surface area (Å²) in [5.41, 5.74) is -1.09. The van der Waals surface area contributed by atoms with E-state index in [0.29, 0.717) is 36.3 Å². The minimum Gasteiger partial charge on any atom is -0.444 e. The van der Waals surface area contributed by atoms with Gasteiger partial charge in [0.2, 0.25) is 0 Å². The lowest BCUT2D eigenvalue weighted by molar-refractivity contribution is -0.00644. The number of carbonyl (C=O) groups excluding carboxylic acids is 1. The molecule has 0 unspecified atom stereocenters. The zero-order valence-corrected chi connectivity index (χ0v) is 15.1. The summed E-state index contributed by atoms with van der Waals surface area (Å²) in [5.74, 6) is -0.359. The summed E-state index contributed by atoms with van der Waals surface area (Å²) in [6.07, 6.45) is 1.99. The van der Waals surface area contributed by atoms with Crippen molar-refractivity contribution in [3.8, 4) is 0 Å². The van der Waals surface area contributed by atoms with Crippen molar-refractivity contribution >= 4 is 17.7 Å². The topological polar surface area (TPSA) is 58.6 Å². The highest BCUT2D eigenvalue weighted by atomic mass is 35.5. The van der Waals surface area contributed by atoms with Gasteiger partial charge in [-0.3, -0.25) is 0 Å². The second-order valence-corrected chi connectivity index (χ2v) is 7.99. The fourth-order valence-corrected chi connectivity index (χ4v) is 3.18. The number of benzene rings is 1. The fraction of sp³-hybridized carbons (Fsp3) is 0.611. The molecule has 1 fully saturated rings. The summed E-state index contributed by atoms with van der Waals surface area (Å²) in [4.78, 5) is 11.8. The van der Waals surface area contributed by atoms with E-state index in [1.165, 1.54) is 12.1 Å². The first-order valence-electron chi connectivity index (χ1n) is 8.22. The molecule has 0 bridgehead atoms. The van der Waals surface area contributed by atoms with Crippen LogP contribution in [0, 0.1) is 5.82 Å². The molecule has 0 saturated heterocycles. The highest BCUT2D eigenvalue weighted by Gasteiger charge is 2.35. The first-order valence-corrected chi connectivity index (χ1v) is 8.60. The predicted octanol–water partition coefficient (Wildman–Crippen LogP) is 4.22. The van der Waals surface area contributed by atoms with Crippen LogP contribution in [-0.2, 0) is 11.2 Å². The van der Waals surface area contributed by atoms with Gasteiger partial charge in [-0.25, -0.2) is 9.18 Å². The monoisotopic (exact) mass is 357 g/mol. The molecule has 0 radical (unpaired) electrons. The molecule has 0 aromatic heterocycles. The highest BCUT2D eigenvalue weighted by Crippen LogP contribution is 2.33. The Morgan fingerprint density at radius 2 is 2.04 bits per heavy atom. The second-order valence-electron chi connectivity index (χ2n) is 7.56. The average Bonchev–Trinajstić information content (AvgIpc) is 2.44. The van der Waals surface area contributed by atoms with Crippen molar-refractivity contribution < 1.29 is 19.0 Å². The van der Waals surface area contributed by atoms with E-state index in [1.54, 1.807) is 6.07 Å². The average molecular weight is 358 g/mol. The maximum Gasteiger partial charge on any atom is 0.407 e. The van der Waals surface area contributed by atoms with E-state index in [0.717, 1.165) is 0 Å². The van der Waals surface area contributed by atoms with E-state index in [4.69, 9.17) is 16.3 Å². The smallest absolute Gasteiger partial charge is 0.407 e. The molecule has 4 nitrogen and oxygen atoms in total. The first-order chi connectivity index (χ1) is 11.1. The molecule has 1 aliphatic carbocycles. The van der Waals surface area contributed by atoms with E-state index >= 15 is 0 Å². The molecule has 134 valence electrons. The van der Waals surface area contributed by atoms with Crippen LogP contribution in [0.5, 0.6) is 0 Å². The van der Waals surface area contributed by atoms with E-state index in [2.05, 4.69) is 5.32 Å². The highest BCUT2D eigenvalue weighted by molar-refractivity contribution is 6.30. The molecule has 1 aromatic carbocycles. The SMILES string of the molecule is CC(C)(C)OC(=O)NC1CCC(O)(Cc2cc(Cl)ccc2F)CC1. The molecule has 0 aliphatic heterocycles. The zero-order valence-electron chi connectivity index (χ0n) is 14.4. The first kappa shape index (κ1) is 19.0. The van der Waals surface area contributed by atoms with E-state index in [9.17, 15) is 14.3 Å². The number of hydrogen-bond acceptors (Lipinski definition) is 3. The van der Waals surface area contributed by atoms with Crippen molar-refractivity contribution in [2.75, 3.05) is 0 Å². The van der Waals surface area contributed by atoms with Crippen LogP contribution in [0.25, 0.3) is 0 Å². The summed E-state index contributed by atoms with van der Waals surface area (Å²) in [5, 5.41) is 14.0. The largest absolute Gasteiger partial charge is 0.444 e. The van der Waals surface area contributed by atoms with Crippen LogP contribution < -0.4 is 5.32 Å². The van der Waals surface area contributed by atoms with Gasteiger partial charge >= 0.3 is 6.09 Å². The van der Waals surface area contributed by atoms with Crippen molar-refractivity contribution in [3.63, 3.8) is 0 Å². The molecule has 1 saturated carbocycles. The Bertz CT molecular complexity index is 592. The lowest BCUT2D eigenvalue weighted by Crippen LogP contribution is -2.45. The van der Waals surface area contributed by atoms with Gasteiger partial charge in [0.05, 0.1) is 5.60 Å². The van der Waals surface area contributed by atoms with Crippen LogP contribution in [0.3, 0.4) is 0 Å². The molecule has 1 aromatic rings. The minimum absolute atomic E-state index is 0.0377. The van der Waals surface area contributed by atoms with Gasteiger partial charge in [0, 0.05) is 17.5 Å². The normalized spacial score (nSPS) is 24.5. The summed E-state index contributed by atoms with van der Waals surface area (Å²) >= 11 is 5.90. The Labute approximate surface area is 147 Å². The number of halogens is 2. The van der Waals surface area contributed by atoms with Crippen molar-refractivity contribution in [1.29, 1.82) is 0 Å². The van der Waals surface area contributed by atoms with Gasteiger partial charge in [0.1, 0.15) is 11.4 Å². The number of nitrogens with one attached hydrogen (secondary N) is 1. The van der Waals surface area contributed by atoms with Gasteiger partial charge in [-0.15, -0.1) is 0 Å². The summed E-state index contributed by atoms with van der Waals surface area (Å²) in [7, 11) is 0. The van der Waals surface area contributed by atoms with E-state index in [-0.39, 0.29) is 18.3 Å². The number of hydrogen-bond donors (Lipinski definition) is 2. The molecule has 6 heteroatoms. The standard InChI is InChI=1S/C18H25ClFNO3/c1-17(2,3)24-16(22)21-14-6-8-18(23,9-7-14)11-12-10-13(19)4-5-15(12)20/h4-5,10,14,23H,6-9,11H2,1-3H3,(H,21,22). The van der Waals surface area contributed by atoms with Crippen LogP contribution in [0.1, 0.15) is 52.0 Å². The maximum atomic E-state index is 13.9. The van der Waals surface area contributed by atoms with Crippen LogP contribution >= 0.6 is 11.6 Å². The Kier molecular flexibility index (Phi) is 5.76. The molecule has 1 amide bonds. The number of carbonyl (C=O) groups is 1. The number of rotatable bonds is 3. The van der Waals surface area contributed by atoms with Crippen molar-refractivity contribution in [2.45, 2.75) is 70.1 Å². The van der Waals surface area contributed by atoms with Crippen LogP contribution in [-0.4, -0.2) is 28.4 Å². The number of alkyl carbamates (subject to hydrolysis) is 1. The Balaban J connectivity index is 1.89. The molecular formula is C18H25ClFNO3. The van der Waals surface area contributed by atoms with Gasteiger partial charge in [-0.05, 0) is 70.2 Å². The van der Waals surface area contributed by atoms with Crippen LogP contribution in [0.15, 0.2) is 18.2 Å². The van der Waals surface area contributed by atoms with Crippen molar-refractivity contribution in [3.05, 3.63) is 34.6 Å². The van der Waals surface area contributed by atoms with Gasteiger partial charge in [-0.1, -0.05) is 11.6 Å². The summed E-state index contributed by atoms with van der Waals surface area (Å²) in [6, 6.07) is 4.33. The molecular weight excluding hydrogens is 333 g/mol. The zero-order chi connectivity index (χ0) is 18.0. The lowest BCUT2D eigenvalue weighted by atomic mass is 9.78. The molecule has 1 aliphatic rings. The second kappa shape index (κ2) is 7.28. The quantitative estimate of drug-likeness (QED) is 0.851. The van der Waals surface area contributed by atoms with E-state index < -0.39 is 17.3 Å². The van der Waals surface area contributed by atoms with Gasteiger partial charge in [-0.2, -0.15) is 0 Å². The molecule has 0 spiro atoms. The third kappa shape index (κ3) is 5.64. The van der Waals surface area contributed by atoms with Crippen LogP contribution in [0.2, 0.25) is 5.02 Å². The Morgan fingerprint density at radius 1 is 1.42 bits per heavy atom. The van der Waals surface area contributed by atoms with Gasteiger partial charge in [0.25, 0.3) is 0 Å². The molecule has 0 atom stereocenters. The summed E-state index contributed by atoms with van der Waals surface area (Å²) in [6.45, 7) is 5.43. The van der Waals surface area contributed by atoms with Crippen molar-refractivity contribution in [2.24, 2.45) is 0 Å². The summed E-state index contributed by atoms with van der Waals surface area (Å²) < 4.78 is 19.1. The molecule has 2 rings (SSSR count). The number of ether oxygens (including phenoxy) is 1. The predicted molar refractivity (Wildman–Crippen MR) is 91.7 cm³/mol. The molecule has 24 heavy (non-hydrogen) atoms. The number of aliphatic hydroxyl groups is 1. The van der Waals surface area contributed by atoms with E-state index in [1.807, 2.05) is 20.8 Å². The molecule has 0 heterocycles. The number of amides is 1. The fourth-order valence-electron chi connectivity index (χ4n) is 2.98. The van der Waals surface area contributed by atoms with Gasteiger partial charge < -0.3 is 15.2 Å². The minimum atomic E-state index is -0.975. The molecule has 2 N–H and O–H groups in total. The lowest BCUT2D eigenvalue weighted by Gasteiger charge is -2.36. The van der Waals surface area contributed by atoms with Crippen molar-refractivity contribution in [1.82, 2.24) is 5.32 Å². The van der Waals surface area contributed by atoms with Crippen LogP contribution in [0.4, 0.5) is 9.18 Å². The third-order valence-corrected chi connectivity index (χ3v) is 4.40. The Hall–Kier alpha value is -1.33. The van der Waals surface area contributed by atoms with Gasteiger partial charge in [0.15, 0.2) is 0 Å².